The Morgan fingerprint density at radius 1 is 1.24 bits per heavy atom. The number of nitrogens with zero attached hydrogens (tertiary/aromatic N) is 2. The molecule has 1 saturated heterocycles. The molecule has 1 aliphatic rings. The molecule has 1 atom stereocenters. The fraction of sp³-hybridized carbons (Fsp3) is 0.462. The van der Waals surface area contributed by atoms with E-state index in [2.05, 4.69) is 16.3 Å². The maximum atomic E-state index is 11.3. The van der Waals surface area contributed by atoms with Gasteiger partial charge in [0, 0.05) is 31.5 Å². The van der Waals surface area contributed by atoms with E-state index >= 15 is 0 Å². The Hall–Kier alpha value is -3.08. The van der Waals surface area contributed by atoms with Gasteiger partial charge in [0.25, 0.3) is 0 Å². The topological polar surface area (TPSA) is 106 Å². The van der Waals surface area contributed by atoms with Crippen LogP contribution in [0.4, 0.5) is 17.1 Å². The number of hydrogen-bond donors (Lipinski definition) is 3. The summed E-state index contributed by atoms with van der Waals surface area (Å²) in [6.45, 7) is 7.32. The Kier molecular flexibility index (Phi) is 7.96. The Balaban J connectivity index is 2.03. The quantitative estimate of drug-likeness (QED) is 0.510. The summed E-state index contributed by atoms with van der Waals surface area (Å²) in [5, 5.41) is 32.5. The molecule has 1 unspecified atom stereocenters. The van der Waals surface area contributed by atoms with Gasteiger partial charge in [-0.1, -0.05) is 13.0 Å². The number of ether oxygens (including phenoxy) is 1. The van der Waals surface area contributed by atoms with Gasteiger partial charge < -0.3 is 25.2 Å². The van der Waals surface area contributed by atoms with Gasteiger partial charge >= 0.3 is 5.97 Å². The zero-order valence-corrected chi connectivity index (χ0v) is 19.5. The first-order chi connectivity index (χ1) is 15.7. The smallest absolute Gasteiger partial charge is 0.303 e. The number of carboxylic acid groups (broad SMARTS) is 1. The van der Waals surface area contributed by atoms with Gasteiger partial charge in [0.1, 0.15) is 0 Å². The van der Waals surface area contributed by atoms with Crippen molar-refractivity contribution in [3.8, 4) is 6.07 Å². The van der Waals surface area contributed by atoms with E-state index in [9.17, 15) is 15.0 Å². The summed E-state index contributed by atoms with van der Waals surface area (Å²) in [6.07, 6.45) is 1.77. The Labute approximate surface area is 195 Å². The first-order valence-electron chi connectivity index (χ1n) is 11.4. The Morgan fingerprint density at radius 2 is 1.91 bits per heavy atom. The maximum Gasteiger partial charge on any atom is 0.303 e. The van der Waals surface area contributed by atoms with E-state index in [4.69, 9.17) is 10.00 Å². The van der Waals surface area contributed by atoms with Gasteiger partial charge in [-0.25, -0.2) is 0 Å². The number of nitriles is 1. The minimum atomic E-state index is -0.903. The summed E-state index contributed by atoms with van der Waals surface area (Å²) in [5.74, 6) is -0.983. The Bertz CT molecular complexity index is 986. The van der Waals surface area contributed by atoms with Crippen molar-refractivity contribution >= 4 is 23.0 Å². The van der Waals surface area contributed by atoms with Crippen LogP contribution in [0, 0.1) is 11.3 Å². The molecule has 0 amide bonds. The van der Waals surface area contributed by atoms with Crippen LogP contribution in [-0.2, 0) is 9.53 Å². The Morgan fingerprint density at radius 3 is 2.48 bits per heavy atom. The van der Waals surface area contributed by atoms with E-state index in [0.29, 0.717) is 25.3 Å². The van der Waals surface area contributed by atoms with E-state index in [1.165, 1.54) is 0 Å². The highest BCUT2D eigenvalue weighted by molar-refractivity contribution is 5.77. The SMILES string of the molecule is CC(CC(=O)O)c1ccc(N(CC(C)(C)O)C2CCOCC2)c(Nc2ccc(C#N)cc2)c1. The lowest BCUT2D eigenvalue weighted by Gasteiger charge is -2.40. The summed E-state index contributed by atoms with van der Waals surface area (Å²) in [6, 6.07) is 15.5. The third-order valence-corrected chi connectivity index (χ3v) is 5.86. The molecule has 0 radical (unpaired) electrons. The number of nitrogens with one attached hydrogen (secondary N) is 1. The predicted octanol–water partition coefficient (Wildman–Crippen LogP) is 4.64. The van der Waals surface area contributed by atoms with E-state index in [1.807, 2.05) is 37.3 Å². The minimum absolute atomic E-state index is 0.0446. The van der Waals surface area contributed by atoms with Crippen molar-refractivity contribution in [2.45, 2.75) is 57.6 Å². The second-order valence-electron chi connectivity index (χ2n) is 9.37. The molecule has 1 fully saturated rings. The largest absolute Gasteiger partial charge is 0.481 e. The first kappa shape index (κ1) is 24.6. The van der Waals surface area contributed by atoms with Crippen molar-refractivity contribution in [1.29, 1.82) is 5.26 Å². The van der Waals surface area contributed by atoms with E-state index in [0.717, 1.165) is 35.5 Å². The van der Waals surface area contributed by atoms with Gasteiger partial charge in [-0.15, -0.1) is 0 Å². The molecule has 3 rings (SSSR count). The van der Waals surface area contributed by atoms with E-state index < -0.39 is 11.6 Å². The highest BCUT2D eigenvalue weighted by Crippen LogP contribution is 2.36. The summed E-state index contributed by atoms with van der Waals surface area (Å²) < 4.78 is 5.56. The summed E-state index contributed by atoms with van der Waals surface area (Å²) >= 11 is 0. The highest BCUT2D eigenvalue weighted by Gasteiger charge is 2.29. The van der Waals surface area contributed by atoms with Crippen molar-refractivity contribution in [2.24, 2.45) is 0 Å². The van der Waals surface area contributed by atoms with Crippen LogP contribution >= 0.6 is 0 Å². The molecule has 3 N–H and O–H groups in total. The molecule has 7 nitrogen and oxygen atoms in total. The van der Waals surface area contributed by atoms with Gasteiger partial charge in [-0.2, -0.15) is 5.26 Å². The number of aliphatic hydroxyl groups is 1. The second-order valence-corrected chi connectivity index (χ2v) is 9.37. The molecule has 2 aromatic carbocycles. The molecule has 1 heterocycles. The maximum absolute atomic E-state index is 11.3. The minimum Gasteiger partial charge on any atom is -0.481 e. The normalized spacial score (nSPS) is 15.5. The number of rotatable bonds is 9. The van der Waals surface area contributed by atoms with Crippen LogP contribution in [0.1, 0.15) is 57.1 Å². The van der Waals surface area contributed by atoms with Crippen molar-refractivity contribution < 1.29 is 19.7 Å². The lowest BCUT2D eigenvalue weighted by Crippen LogP contribution is -2.47. The average Bonchev–Trinajstić information content (AvgIpc) is 2.78. The average molecular weight is 452 g/mol. The molecule has 176 valence electrons. The molecule has 0 bridgehead atoms. The zero-order chi connectivity index (χ0) is 24.0. The molecule has 0 saturated carbocycles. The molecule has 0 aliphatic carbocycles. The van der Waals surface area contributed by atoms with Crippen LogP contribution in [-0.4, -0.2) is 47.6 Å². The van der Waals surface area contributed by atoms with Crippen LogP contribution < -0.4 is 10.2 Å². The van der Waals surface area contributed by atoms with Crippen LogP contribution in [0.15, 0.2) is 42.5 Å². The first-order valence-corrected chi connectivity index (χ1v) is 11.4. The number of hydrogen-bond acceptors (Lipinski definition) is 6. The number of anilines is 3. The predicted molar refractivity (Wildman–Crippen MR) is 129 cm³/mol. The monoisotopic (exact) mass is 451 g/mol. The van der Waals surface area contributed by atoms with Crippen LogP contribution in [0.3, 0.4) is 0 Å². The lowest BCUT2D eigenvalue weighted by molar-refractivity contribution is -0.137. The fourth-order valence-corrected chi connectivity index (χ4v) is 4.20. The van der Waals surface area contributed by atoms with Crippen LogP contribution in [0.5, 0.6) is 0 Å². The van der Waals surface area contributed by atoms with Crippen molar-refractivity contribution in [3.63, 3.8) is 0 Å². The van der Waals surface area contributed by atoms with Crippen molar-refractivity contribution in [3.05, 3.63) is 53.6 Å². The molecular weight excluding hydrogens is 418 g/mol. The van der Waals surface area contributed by atoms with Gasteiger partial charge in [-0.05, 0) is 74.6 Å². The van der Waals surface area contributed by atoms with Gasteiger partial charge in [0.05, 0.1) is 35.0 Å². The molecule has 1 aliphatic heterocycles. The third kappa shape index (κ3) is 6.95. The molecule has 2 aromatic rings. The standard InChI is InChI=1S/C26H33N3O4/c1-18(14-25(30)31)20-6-9-24(23(15-20)28-21-7-4-19(16-27)5-8-21)29(17-26(2,3)32)22-10-12-33-13-11-22/h4-9,15,18,22,28,32H,10-14,17H2,1-3H3,(H,30,31). The molecule has 0 spiro atoms. The van der Waals surface area contributed by atoms with Gasteiger partial charge in [-0.3, -0.25) is 4.79 Å². The van der Waals surface area contributed by atoms with E-state index in [-0.39, 0.29) is 18.4 Å². The molecular formula is C26H33N3O4. The zero-order valence-electron chi connectivity index (χ0n) is 19.5. The highest BCUT2D eigenvalue weighted by atomic mass is 16.5. The summed E-state index contributed by atoms with van der Waals surface area (Å²) in [7, 11) is 0. The lowest BCUT2D eigenvalue weighted by atomic mass is 9.95. The number of benzene rings is 2. The second kappa shape index (κ2) is 10.7. The number of carbonyl (C=O) groups is 1. The van der Waals surface area contributed by atoms with Crippen molar-refractivity contribution in [1.82, 2.24) is 0 Å². The van der Waals surface area contributed by atoms with Gasteiger partial charge in [0.15, 0.2) is 0 Å². The number of aliphatic carboxylic acids is 1. The fourth-order valence-electron chi connectivity index (χ4n) is 4.20. The van der Waals surface area contributed by atoms with Crippen LogP contribution in [0.25, 0.3) is 0 Å². The summed E-state index contributed by atoms with van der Waals surface area (Å²) in [5.41, 5.74) is 3.21. The molecule has 7 heteroatoms. The third-order valence-electron chi connectivity index (χ3n) is 5.86. The van der Waals surface area contributed by atoms with Gasteiger partial charge in [0.2, 0.25) is 0 Å². The van der Waals surface area contributed by atoms with Crippen molar-refractivity contribution in [2.75, 3.05) is 30.0 Å². The molecule has 0 aromatic heterocycles. The number of carboxylic acids is 1. The van der Waals surface area contributed by atoms with Crippen LogP contribution in [0.2, 0.25) is 0 Å². The molecule has 33 heavy (non-hydrogen) atoms. The van der Waals surface area contributed by atoms with E-state index in [1.54, 1.807) is 26.0 Å². The summed E-state index contributed by atoms with van der Waals surface area (Å²) in [4.78, 5) is 13.5.